The Labute approximate surface area is 146 Å². The van der Waals surface area contributed by atoms with E-state index >= 15 is 0 Å². The van der Waals surface area contributed by atoms with Crippen LogP contribution in [-0.2, 0) is 21.2 Å². The number of carbonyl (C=O) groups is 1. The summed E-state index contributed by atoms with van der Waals surface area (Å²) in [4.78, 5) is 12.2. The molecular formula is C18H19FN2O3S. The number of rotatable bonds is 8. The zero-order chi connectivity index (χ0) is 18.3. The highest BCUT2D eigenvalue weighted by atomic mass is 32.2. The molecule has 7 heteroatoms. The normalized spacial score (nSPS) is 12.4. The summed E-state index contributed by atoms with van der Waals surface area (Å²) in [5, 5.41) is 2.59. The summed E-state index contributed by atoms with van der Waals surface area (Å²) < 4.78 is 40.4. The van der Waals surface area contributed by atoms with E-state index < -0.39 is 27.8 Å². The van der Waals surface area contributed by atoms with E-state index in [1.54, 1.807) is 12.1 Å². The molecule has 0 aliphatic carbocycles. The maximum atomic E-state index is 13.0. The van der Waals surface area contributed by atoms with Crippen molar-refractivity contribution in [1.29, 1.82) is 0 Å². The van der Waals surface area contributed by atoms with Gasteiger partial charge in [0.05, 0.1) is 4.90 Å². The third-order valence-corrected chi connectivity index (χ3v) is 4.93. The van der Waals surface area contributed by atoms with Crippen molar-refractivity contribution in [3.05, 3.63) is 78.6 Å². The molecule has 0 radical (unpaired) electrons. The smallest absolute Gasteiger partial charge is 0.241 e. The quantitative estimate of drug-likeness (QED) is 0.706. The molecule has 2 aromatic carbocycles. The lowest BCUT2D eigenvalue weighted by Gasteiger charge is -2.18. The molecule has 2 rings (SSSR count). The standard InChI is InChI=1S/C18H19FN2O3S/c1-2-12-20-18(22)17(13-14-6-4-3-5-7-14)21-25(23,24)16-10-8-15(19)9-11-16/h2-11,17,21H,1,12-13H2,(H,20,22). The SMILES string of the molecule is C=CCNC(=O)C(Cc1ccccc1)NS(=O)(=O)c1ccc(F)cc1. The summed E-state index contributed by atoms with van der Waals surface area (Å²) >= 11 is 0. The molecule has 0 aromatic heterocycles. The van der Waals surface area contributed by atoms with Crippen molar-refractivity contribution in [2.45, 2.75) is 17.4 Å². The van der Waals surface area contributed by atoms with Crippen molar-refractivity contribution in [2.75, 3.05) is 6.54 Å². The second-order valence-electron chi connectivity index (χ2n) is 5.35. The summed E-state index contributed by atoms with van der Waals surface area (Å²) in [7, 11) is -3.97. The van der Waals surface area contributed by atoms with E-state index in [0.29, 0.717) is 0 Å². The van der Waals surface area contributed by atoms with Crippen LogP contribution in [0.5, 0.6) is 0 Å². The van der Waals surface area contributed by atoms with E-state index in [1.165, 1.54) is 6.08 Å². The summed E-state index contributed by atoms with van der Waals surface area (Å²) in [6.45, 7) is 3.74. The van der Waals surface area contributed by atoms with E-state index in [4.69, 9.17) is 0 Å². The molecule has 0 aliphatic rings. The van der Waals surface area contributed by atoms with Crippen LogP contribution >= 0.6 is 0 Å². The van der Waals surface area contributed by atoms with Gasteiger partial charge in [0.2, 0.25) is 15.9 Å². The average molecular weight is 362 g/mol. The van der Waals surface area contributed by atoms with Gasteiger partial charge in [-0.3, -0.25) is 4.79 Å². The second kappa shape index (κ2) is 8.55. The Morgan fingerprint density at radius 2 is 1.76 bits per heavy atom. The van der Waals surface area contributed by atoms with Gasteiger partial charge in [0.1, 0.15) is 11.9 Å². The molecule has 0 saturated heterocycles. The van der Waals surface area contributed by atoms with Gasteiger partial charge in [-0.1, -0.05) is 36.4 Å². The summed E-state index contributed by atoms with van der Waals surface area (Å²) in [5.41, 5.74) is 0.808. The molecule has 132 valence electrons. The van der Waals surface area contributed by atoms with E-state index in [2.05, 4.69) is 16.6 Å². The zero-order valence-electron chi connectivity index (χ0n) is 13.5. The van der Waals surface area contributed by atoms with Crippen LogP contribution in [0.4, 0.5) is 4.39 Å². The van der Waals surface area contributed by atoms with Crippen molar-refractivity contribution >= 4 is 15.9 Å². The molecule has 2 aromatic rings. The van der Waals surface area contributed by atoms with Crippen LogP contribution in [0.25, 0.3) is 0 Å². The number of carbonyl (C=O) groups excluding carboxylic acids is 1. The molecule has 1 unspecified atom stereocenters. The topological polar surface area (TPSA) is 75.3 Å². The Morgan fingerprint density at radius 3 is 2.36 bits per heavy atom. The molecule has 1 amide bonds. The van der Waals surface area contributed by atoms with E-state index in [-0.39, 0.29) is 17.9 Å². The van der Waals surface area contributed by atoms with E-state index in [0.717, 1.165) is 29.8 Å². The van der Waals surface area contributed by atoms with Gasteiger partial charge in [-0.15, -0.1) is 6.58 Å². The highest BCUT2D eigenvalue weighted by Crippen LogP contribution is 2.12. The maximum Gasteiger partial charge on any atom is 0.241 e. The van der Waals surface area contributed by atoms with Crippen molar-refractivity contribution in [2.24, 2.45) is 0 Å². The second-order valence-corrected chi connectivity index (χ2v) is 7.07. The number of benzene rings is 2. The molecule has 0 fully saturated rings. The van der Waals surface area contributed by atoms with Crippen molar-refractivity contribution in [3.63, 3.8) is 0 Å². The maximum absolute atomic E-state index is 13.0. The molecule has 25 heavy (non-hydrogen) atoms. The molecule has 0 heterocycles. The fourth-order valence-electron chi connectivity index (χ4n) is 2.20. The first-order chi connectivity index (χ1) is 11.9. The van der Waals surface area contributed by atoms with Crippen LogP contribution in [0, 0.1) is 5.82 Å². The molecule has 1 atom stereocenters. The van der Waals surface area contributed by atoms with Crippen LogP contribution in [-0.4, -0.2) is 26.9 Å². The van der Waals surface area contributed by atoms with Crippen LogP contribution in [0.3, 0.4) is 0 Å². The number of nitrogens with one attached hydrogen (secondary N) is 2. The number of amides is 1. The fourth-order valence-corrected chi connectivity index (χ4v) is 3.40. The minimum atomic E-state index is -3.97. The lowest BCUT2D eigenvalue weighted by Crippen LogP contribution is -2.48. The number of sulfonamides is 1. The predicted octanol–water partition coefficient (Wildman–Crippen LogP) is 2.02. The number of hydrogen-bond donors (Lipinski definition) is 2. The van der Waals surface area contributed by atoms with E-state index in [9.17, 15) is 17.6 Å². The first-order valence-corrected chi connectivity index (χ1v) is 9.11. The van der Waals surface area contributed by atoms with Gasteiger partial charge in [-0.2, -0.15) is 4.72 Å². The van der Waals surface area contributed by atoms with Crippen LogP contribution < -0.4 is 10.0 Å². The van der Waals surface area contributed by atoms with Crippen molar-refractivity contribution < 1.29 is 17.6 Å². The fraction of sp³-hybridized carbons (Fsp3) is 0.167. The Balaban J connectivity index is 2.23. The third-order valence-electron chi connectivity index (χ3n) is 3.44. The van der Waals surface area contributed by atoms with E-state index in [1.807, 2.05) is 18.2 Å². The Bertz CT molecular complexity index is 821. The average Bonchev–Trinajstić information content (AvgIpc) is 2.60. The van der Waals surface area contributed by atoms with Crippen LogP contribution in [0.2, 0.25) is 0 Å². The zero-order valence-corrected chi connectivity index (χ0v) is 14.3. The van der Waals surface area contributed by atoms with Crippen molar-refractivity contribution in [3.8, 4) is 0 Å². The molecule has 0 aliphatic heterocycles. The molecule has 0 bridgehead atoms. The Kier molecular flexibility index (Phi) is 6.44. The minimum Gasteiger partial charge on any atom is -0.351 e. The van der Waals surface area contributed by atoms with Crippen LogP contribution in [0.1, 0.15) is 5.56 Å². The van der Waals surface area contributed by atoms with Gasteiger partial charge in [-0.05, 0) is 36.2 Å². The van der Waals surface area contributed by atoms with Crippen molar-refractivity contribution in [1.82, 2.24) is 10.0 Å². The highest BCUT2D eigenvalue weighted by molar-refractivity contribution is 7.89. The summed E-state index contributed by atoms with van der Waals surface area (Å²) in [6.07, 6.45) is 1.69. The molecule has 0 saturated carbocycles. The third kappa shape index (κ3) is 5.51. The van der Waals surface area contributed by atoms with Gasteiger partial charge < -0.3 is 5.32 Å². The first-order valence-electron chi connectivity index (χ1n) is 7.63. The lowest BCUT2D eigenvalue weighted by molar-refractivity contribution is -0.122. The van der Waals surface area contributed by atoms with Gasteiger partial charge >= 0.3 is 0 Å². The molecule has 5 nitrogen and oxygen atoms in total. The Morgan fingerprint density at radius 1 is 1.12 bits per heavy atom. The molecular weight excluding hydrogens is 343 g/mol. The monoisotopic (exact) mass is 362 g/mol. The minimum absolute atomic E-state index is 0.108. The Hall–Kier alpha value is -2.51. The summed E-state index contributed by atoms with van der Waals surface area (Å²) in [5.74, 6) is -1.00. The number of hydrogen-bond acceptors (Lipinski definition) is 3. The largest absolute Gasteiger partial charge is 0.351 e. The van der Waals surface area contributed by atoms with Crippen LogP contribution in [0.15, 0.2) is 72.1 Å². The number of halogens is 1. The summed E-state index contributed by atoms with van der Waals surface area (Å²) in [6, 6.07) is 12.5. The lowest BCUT2D eigenvalue weighted by atomic mass is 10.1. The van der Waals surface area contributed by atoms with Gasteiger partial charge in [0.15, 0.2) is 0 Å². The first kappa shape index (κ1) is 18.8. The molecule has 2 N–H and O–H groups in total. The molecule has 0 spiro atoms. The predicted molar refractivity (Wildman–Crippen MR) is 93.9 cm³/mol. The van der Waals surface area contributed by atoms with Gasteiger partial charge in [-0.25, -0.2) is 12.8 Å². The van der Waals surface area contributed by atoms with Gasteiger partial charge in [0, 0.05) is 6.54 Å². The highest BCUT2D eigenvalue weighted by Gasteiger charge is 2.25. The van der Waals surface area contributed by atoms with Gasteiger partial charge in [0.25, 0.3) is 0 Å².